The Morgan fingerprint density at radius 3 is 2.58 bits per heavy atom. The summed E-state index contributed by atoms with van der Waals surface area (Å²) in [5.41, 5.74) is 2.97. The van der Waals surface area contributed by atoms with Crippen molar-refractivity contribution < 1.29 is 0 Å². The van der Waals surface area contributed by atoms with Crippen LogP contribution in [0.4, 0.5) is 0 Å². The second-order valence-electron chi connectivity index (χ2n) is 7.01. The van der Waals surface area contributed by atoms with E-state index in [1.54, 1.807) is 12.4 Å². The topological polar surface area (TPSA) is 59.7 Å². The van der Waals surface area contributed by atoms with Gasteiger partial charge in [-0.15, -0.1) is 5.10 Å². The molecule has 6 heteroatoms. The van der Waals surface area contributed by atoms with Crippen LogP contribution in [0.3, 0.4) is 0 Å². The number of aryl methyl sites for hydroxylation is 1. The monoisotopic (exact) mass is 348 g/mol. The quantitative estimate of drug-likeness (QED) is 0.708. The molecular weight excluding hydrogens is 324 g/mol. The molecule has 4 rings (SSSR count). The zero-order valence-corrected chi connectivity index (χ0v) is 15.3. The van der Waals surface area contributed by atoms with Gasteiger partial charge in [-0.1, -0.05) is 6.92 Å². The van der Waals surface area contributed by atoms with Crippen molar-refractivity contribution in [1.29, 1.82) is 0 Å². The van der Waals surface area contributed by atoms with Crippen LogP contribution in [0.5, 0.6) is 0 Å². The summed E-state index contributed by atoms with van der Waals surface area (Å²) < 4.78 is 1.98. The van der Waals surface area contributed by atoms with Crippen LogP contribution in [0.25, 0.3) is 17.1 Å². The highest BCUT2D eigenvalue weighted by Crippen LogP contribution is 2.24. The lowest BCUT2D eigenvalue weighted by atomic mass is 10.1. The number of aromatic nitrogens is 5. The SMILES string of the molecule is Cc1cc(-n2nc(-c3ccncc3)nc2C(C)CN2CCCC2)ccn1. The fourth-order valence-electron chi connectivity index (χ4n) is 3.55. The molecule has 1 aliphatic rings. The average Bonchev–Trinajstić information content (AvgIpc) is 3.32. The second-order valence-corrected chi connectivity index (χ2v) is 7.01. The molecule has 4 heterocycles. The fraction of sp³-hybridized carbons (Fsp3) is 0.400. The predicted octanol–water partition coefficient (Wildman–Crippen LogP) is 3.23. The van der Waals surface area contributed by atoms with Crippen LogP contribution < -0.4 is 0 Å². The molecule has 6 nitrogen and oxygen atoms in total. The molecule has 0 spiro atoms. The summed E-state index contributed by atoms with van der Waals surface area (Å²) in [4.78, 5) is 15.8. The van der Waals surface area contributed by atoms with Gasteiger partial charge < -0.3 is 4.90 Å². The Hall–Kier alpha value is -2.60. The standard InChI is InChI=1S/C20H24N6/c1-15(14-25-11-3-4-12-25)20-23-19(17-5-8-21-9-6-17)24-26(20)18-7-10-22-16(2)13-18/h5-10,13,15H,3-4,11-12,14H2,1-2H3. The molecule has 1 aliphatic heterocycles. The van der Waals surface area contributed by atoms with Crippen molar-refractivity contribution in [2.45, 2.75) is 32.6 Å². The second kappa shape index (κ2) is 7.33. The van der Waals surface area contributed by atoms with Crippen LogP contribution in [-0.4, -0.2) is 49.3 Å². The highest BCUT2D eigenvalue weighted by molar-refractivity contribution is 5.54. The van der Waals surface area contributed by atoms with Gasteiger partial charge >= 0.3 is 0 Å². The Kier molecular flexibility index (Phi) is 4.75. The van der Waals surface area contributed by atoms with E-state index in [4.69, 9.17) is 10.1 Å². The van der Waals surface area contributed by atoms with Gasteiger partial charge in [0.25, 0.3) is 0 Å². The summed E-state index contributed by atoms with van der Waals surface area (Å²) in [5, 5.41) is 4.82. The lowest BCUT2D eigenvalue weighted by molar-refractivity contribution is 0.315. The van der Waals surface area contributed by atoms with Crippen molar-refractivity contribution in [2.75, 3.05) is 19.6 Å². The molecule has 1 saturated heterocycles. The normalized spacial score (nSPS) is 16.1. The number of hydrogen-bond donors (Lipinski definition) is 0. The first-order chi connectivity index (χ1) is 12.7. The van der Waals surface area contributed by atoms with Gasteiger partial charge in [-0.2, -0.15) is 0 Å². The molecule has 0 radical (unpaired) electrons. The molecule has 0 amide bonds. The number of likely N-dealkylation sites (tertiary alicyclic amines) is 1. The van der Waals surface area contributed by atoms with Gasteiger partial charge in [0.1, 0.15) is 5.82 Å². The fourth-order valence-corrected chi connectivity index (χ4v) is 3.55. The van der Waals surface area contributed by atoms with E-state index in [0.717, 1.165) is 35.1 Å². The van der Waals surface area contributed by atoms with Gasteiger partial charge in [0.15, 0.2) is 5.82 Å². The third-order valence-electron chi connectivity index (χ3n) is 4.87. The maximum atomic E-state index is 4.91. The van der Waals surface area contributed by atoms with Crippen molar-refractivity contribution in [1.82, 2.24) is 29.6 Å². The number of pyridine rings is 2. The molecule has 3 aromatic heterocycles. The first-order valence-electron chi connectivity index (χ1n) is 9.23. The van der Waals surface area contributed by atoms with E-state index < -0.39 is 0 Å². The molecule has 3 aromatic rings. The van der Waals surface area contributed by atoms with Crippen molar-refractivity contribution in [3.05, 3.63) is 54.4 Å². The highest BCUT2D eigenvalue weighted by atomic mass is 15.4. The van der Waals surface area contributed by atoms with E-state index in [1.807, 2.05) is 36.0 Å². The van der Waals surface area contributed by atoms with Crippen molar-refractivity contribution >= 4 is 0 Å². The number of nitrogens with zero attached hydrogens (tertiary/aromatic N) is 6. The van der Waals surface area contributed by atoms with Gasteiger partial charge in [0.2, 0.25) is 0 Å². The predicted molar refractivity (Wildman–Crippen MR) is 101 cm³/mol. The molecule has 134 valence electrons. The first-order valence-corrected chi connectivity index (χ1v) is 9.23. The van der Waals surface area contributed by atoms with Gasteiger partial charge in [-0.05, 0) is 57.1 Å². The Labute approximate surface area is 153 Å². The van der Waals surface area contributed by atoms with Crippen molar-refractivity contribution in [2.24, 2.45) is 0 Å². The van der Waals surface area contributed by atoms with E-state index >= 15 is 0 Å². The van der Waals surface area contributed by atoms with Crippen molar-refractivity contribution in [3.8, 4) is 17.1 Å². The average molecular weight is 348 g/mol. The summed E-state index contributed by atoms with van der Waals surface area (Å²) in [6.45, 7) is 7.62. The number of hydrogen-bond acceptors (Lipinski definition) is 5. The van der Waals surface area contributed by atoms with Gasteiger partial charge in [0.05, 0.1) is 5.69 Å². The summed E-state index contributed by atoms with van der Waals surface area (Å²) in [6, 6.07) is 7.94. The number of rotatable bonds is 5. The minimum absolute atomic E-state index is 0.296. The van der Waals surface area contributed by atoms with E-state index in [-0.39, 0.29) is 0 Å². The molecule has 0 aliphatic carbocycles. The highest BCUT2D eigenvalue weighted by Gasteiger charge is 2.22. The smallest absolute Gasteiger partial charge is 0.181 e. The minimum atomic E-state index is 0.296. The van der Waals surface area contributed by atoms with Crippen LogP contribution in [0, 0.1) is 6.92 Å². The third kappa shape index (κ3) is 3.51. The maximum absolute atomic E-state index is 4.91. The Balaban J connectivity index is 1.73. The Bertz CT molecular complexity index is 867. The van der Waals surface area contributed by atoms with E-state index in [0.29, 0.717) is 5.92 Å². The molecule has 0 bridgehead atoms. The lowest BCUT2D eigenvalue weighted by Gasteiger charge is -2.20. The molecule has 0 saturated carbocycles. The molecule has 1 atom stereocenters. The van der Waals surface area contributed by atoms with Crippen LogP contribution in [0.15, 0.2) is 42.9 Å². The van der Waals surface area contributed by atoms with E-state index in [2.05, 4.69) is 27.9 Å². The molecular formula is C20H24N6. The van der Waals surface area contributed by atoms with Crippen molar-refractivity contribution in [3.63, 3.8) is 0 Å². The minimum Gasteiger partial charge on any atom is -0.303 e. The third-order valence-corrected chi connectivity index (χ3v) is 4.87. The Morgan fingerprint density at radius 2 is 1.85 bits per heavy atom. The Morgan fingerprint density at radius 1 is 1.08 bits per heavy atom. The molecule has 0 aromatic carbocycles. The largest absolute Gasteiger partial charge is 0.303 e. The van der Waals surface area contributed by atoms with Crippen LogP contribution >= 0.6 is 0 Å². The first kappa shape index (κ1) is 16.8. The zero-order valence-electron chi connectivity index (χ0n) is 15.3. The molecule has 26 heavy (non-hydrogen) atoms. The van der Waals surface area contributed by atoms with E-state index in [1.165, 1.54) is 25.9 Å². The molecule has 1 fully saturated rings. The zero-order chi connectivity index (χ0) is 17.9. The lowest BCUT2D eigenvalue weighted by Crippen LogP contribution is -2.25. The maximum Gasteiger partial charge on any atom is 0.181 e. The van der Waals surface area contributed by atoms with Gasteiger partial charge in [0, 0.05) is 42.3 Å². The van der Waals surface area contributed by atoms with Crippen LogP contribution in [0.1, 0.15) is 37.2 Å². The summed E-state index contributed by atoms with van der Waals surface area (Å²) in [6.07, 6.45) is 7.98. The summed E-state index contributed by atoms with van der Waals surface area (Å²) >= 11 is 0. The molecule has 0 N–H and O–H groups in total. The van der Waals surface area contributed by atoms with Crippen LogP contribution in [0.2, 0.25) is 0 Å². The van der Waals surface area contributed by atoms with Gasteiger partial charge in [-0.25, -0.2) is 9.67 Å². The van der Waals surface area contributed by atoms with Crippen LogP contribution in [-0.2, 0) is 0 Å². The van der Waals surface area contributed by atoms with E-state index in [9.17, 15) is 0 Å². The van der Waals surface area contributed by atoms with Gasteiger partial charge in [-0.3, -0.25) is 9.97 Å². The molecule has 1 unspecified atom stereocenters. The summed E-state index contributed by atoms with van der Waals surface area (Å²) in [5.74, 6) is 2.03. The summed E-state index contributed by atoms with van der Waals surface area (Å²) in [7, 11) is 0.